The van der Waals surface area contributed by atoms with Crippen molar-refractivity contribution in [1.29, 1.82) is 0 Å². The number of hydrogen-bond acceptors (Lipinski definition) is 6. The number of fused-ring (bicyclic) bond motifs is 2. The molecule has 0 bridgehead atoms. The van der Waals surface area contributed by atoms with E-state index in [-0.39, 0.29) is 24.1 Å². The van der Waals surface area contributed by atoms with Crippen molar-refractivity contribution in [1.82, 2.24) is 0 Å². The Morgan fingerprint density at radius 2 is 1.67 bits per heavy atom. The van der Waals surface area contributed by atoms with Crippen LogP contribution in [0.3, 0.4) is 0 Å². The molecule has 0 amide bonds. The van der Waals surface area contributed by atoms with Crippen LogP contribution < -0.4 is 9.47 Å². The van der Waals surface area contributed by atoms with Crippen LogP contribution in [-0.2, 0) is 14.2 Å². The molecule has 33 heavy (non-hydrogen) atoms. The number of hydrogen-bond donors (Lipinski definition) is 1. The third kappa shape index (κ3) is 6.08. The lowest BCUT2D eigenvalue weighted by Gasteiger charge is -2.20. The second-order valence-electron chi connectivity index (χ2n) is 8.69. The monoisotopic (exact) mass is 454 g/mol. The van der Waals surface area contributed by atoms with Crippen LogP contribution in [0.25, 0.3) is 21.5 Å². The third-order valence-electron chi connectivity index (χ3n) is 5.73. The van der Waals surface area contributed by atoms with Gasteiger partial charge in [0, 0.05) is 21.5 Å². The molecule has 0 aliphatic carbocycles. The quantitative estimate of drug-likeness (QED) is 0.210. The predicted molar refractivity (Wildman–Crippen MR) is 130 cm³/mol. The summed E-state index contributed by atoms with van der Waals surface area (Å²) < 4.78 is 29.0. The summed E-state index contributed by atoms with van der Waals surface area (Å²) in [7, 11) is 0. The van der Waals surface area contributed by atoms with Gasteiger partial charge in [-0.15, -0.1) is 0 Å². The highest BCUT2D eigenvalue weighted by atomic mass is 16.6. The molecule has 0 aromatic heterocycles. The van der Waals surface area contributed by atoms with Crippen LogP contribution in [0.5, 0.6) is 17.2 Å². The van der Waals surface area contributed by atoms with Gasteiger partial charge in [-0.2, -0.15) is 0 Å². The molecule has 3 aromatic rings. The van der Waals surface area contributed by atoms with Gasteiger partial charge in [-0.05, 0) is 38.5 Å². The molecule has 1 aliphatic rings. The van der Waals surface area contributed by atoms with Gasteiger partial charge in [0.15, 0.2) is 0 Å². The van der Waals surface area contributed by atoms with Gasteiger partial charge >= 0.3 is 0 Å². The van der Waals surface area contributed by atoms with Crippen molar-refractivity contribution < 1.29 is 28.8 Å². The molecule has 1 N–H and O–H groups in total. The lowest BCUT2D eigenvalue weighted by molar-refractivity contribution is -0.0449. The van der Waals surface area contributed by atoms with Gasteiger partial charge in [-0.25, -0.2) is 0 Å². The molecular formula is C27H34O6. The second kappa shape index (κ2) is 11.1. The normalized spacial score (nSPS) is 17.2. The smallest absolute Gasteiger partial charge is 0.135 e. The highest BCUT2D eigenvalue weighted by Crippen LogP contribution is 2.43. The second-order valence-corrected chi connectivity index (χ2v) is 8.69. The molecule has 3 unspecified atom stereocenters. The molecule has 1 saturated heterocycles. The minimum atomic E-state index is -0.118. The molecule has 3 aromatic carbocycles. The molecule has 6 nitrogen and oxygen atoms in total. The van der Waals surface area contributed by atoms with Crippen molar-refractivity contribution in [2.75, 3.05) is 33.0 Å². The molecule has 0 spiro atoms. The van der Waals surface area contributed by atoms with Crippen LogP contribution in [0.2, 0.25) is 0 Å². The fourth-order valence-electron chi connectivity index (χ4n) is 3.71. The number of aromatic hydroxyl groups is 1. The van der Waals surface area contributed by atoms with E-state index in [0.717, 1.165) is 52.5 Å². The Hall–Kier alpha value is -2.54. The molecule has 6 heteroatoms. The van der Waals surface area contributed by atoms with E-state index < -0.39 is 0 Å². The Morgan fingerprint density at radius 1 is 0.939 bits per heavy atom. The van der Waals surface area contributed by atoms with E-state index in [4.69, 9.17) is 23.7 Å². The van der Waals surface area contributed by atoms with E-state index in [1.807, 2.05) is 56.3 Å². The number of phenolic OH excluding ortho intramolecular Hbond substituents is 1. The first kappa shape index (κ1) is 23.6. The van der Waals surface area contributed by atoms with Crippen molar-refractivity contribution in [2.45, 2.75) is 51.9 Å². The average Bonchev–Trinajstić information content (AvgIpc) is 3.66. The zero-order chi connectivity index (χ0) is 23.2. The van der Waals surface area contributed by atoms with Crippen LogP contribution >= 0.6 is 0 Å². The molecule has 3 atom stereocenters. The molecule has 178 valence electrons. The summed E-state index contributed by atoms with van der Waals surface area (Å²) in [5.41, 5.74) is 0. The average molecular weight is 455 g/mol. The van der Waals surface area contributed by atoms with Crippen LogP contribution in [0.1, 0.15) is 33.6 Å². The van der Waals surface area contributed by atoms with Gasteiger partial charge < -0.3 is 28.8 Å². The van der Waals surface area contributed by atoms with Gasteiger partial charge in [0.1, 0.15) is 30.0 Å². The summed E-state index contributed by atoms with van der Waals surface area (Å²) in [4.78, 5) is 0. The SMILES string of the molecule is CCCCOc1ccc2c(OCC(C)OCC(C)OCC3CO3)c3ccccc3c(O)c2c1. The van der Waals surface area contributed by atoms with Crippen molar-refractivity contribution >= 4 is 21.5 Å². The van der Waals surface area contributed by atoms with Gasteiger partial charge in [0.05, 0.1) is 38.6 Å². The Kier molecular flexibility index (Phi) is 7.91. The zero-order valence-electron chi connectivity index (χ0n) is 19.7. The lowest BCUT2D eigenvalue weighted by atomic mass is 10.0. The van der Waals surface area contributed by atoms with E-state index in [2.05, 4.69) is 6.92 Å². The topological polar surface area (TPSA) is 69.7 Å². The Bertz CT molecular complexity index is 1060. The number of epoxide rings is 1. The van der Waals surface area contributed by atoms with E-state index >= 15 is 0 Å². The maximum atomic E-state index is 11.0. The Morgan fingerprint density at radius 3 is 2.42 bits per heavy atom. The maximum Gasteiger partial charge on any atom is 0.135 e. The maximum absolute atomic E-state index is 11.0. The molecule has 1 heterocycles. The minimum absolute atomic E-state index is 0.00175. The lowest BCUT2D eigenvalue weighted by Crippen LogP contribution is -2.25. The molecule has 0 radical (unpaired) electrons. The van der Waals surface area contributed by atoms with Gasteiger partial charge in [0.2, 0.25) is 0 Å². The van der Waals surface area contributed by atoms with E-state index in [1.54, 1.807) is 0 Å². The van der Waals surface area contributed by atoms with E-state index in [9.17, 15) is 5.11 Å². The Labute approximate surface area is 195 Å². The van der Waals surface area contributed by atoms with Gasteiger partial charge in [-0.1, -0.05) is 37.6 Å². The van der Waals surface area contributed by atoms with Crippen molar-refractivity contribution in [2.24, 2.45) is 0 Å². The standard InChI is InChI=1S/C27H34O6/c1-4-5-12-29-20-10-11-24-25(13-20)26(28)22-8-6-7-9-23(22)27(24)33-15-19(3)30-14-18(2)31-16-21-17-32-21/h6-11,13,18-19,21,28H,4-5,12,14-17H2,1-3H3. The molecule has 0 saturated carbocycles. The predicted octanol–water partition coefficient (Wildman–Crippen LogP) is 5.47. The fraction of sp³-hybridized carbons (Fsp3) is 0.481. The van der Waals surface area contributed by atoms with Crippen molar-refractivity contribution in [3.63, 3.8) is 0 Å². The van der Waals surface area contributed by atoms with Crippen molar-refractivity contribution in [3.05, 3.63) is 42.5 Å². The van der Waals surface area contributed by atoms with Crippen LogP contribution in [0.15, 0.2) is 42.5 Å². The van der Waals surface area contributed by atoms with Gasteiger partial charge in [-0.3, -0.25) is 0 Å². The fourth-order valence-corrected chi connectivity index (χ4v) is 3.71. The summed E-state index contributed by atoms with van der Waals surface area (Å²) in [6.07, 6.45) is 2.19. The first-order valence-corrected chi connectivity index (χ1v) is 11.8. The van der Waals surface area contributed by atoms with Crippen LogP contribution in [-0.4, -0.2) is 56.5 Å². The number of rotatable bonds is 13. The molecule has 4 rings (SSSR count). The van der Waals surface area contributed by atoms with E-state index in [1.165, 1.54) is 0 Å². The summed E-state index contributed by atoms with van der Waals surface area (Å²) in [6.45, 7) is 9.06. The minimum Gasteiger partial charge on any atom is -0.507 e. The molecular weight excluding hydrogens is 420 g/mol. The third-order valence-corrected chi connectivity index (χ3v) is 5.73. The number of ether oxygens (including phenoxy) is 5. The summed E-state index contributed by atoms with van der Waals surface area (Å²) >= 11 is 0. The number of unbranched alkanes of at least 4 members (excludes halogenated alkanes) is 1. The number of benzene rings is 3. The summed E-state index contributed by atoms with van der Waals surface area (Å²) in [6, 6.07) is 13.5. The van der Waals surface area contributed by atoms with Crippen LogP contribution in [0.4, 0.5) is 0 Å². The van der Waals surface area contributed by atoms with E-state index in [0.29, 0.717) is 26.4 Å². The van der Waals surface area contributed by atoms with Gasteiger partial charge in [0.25, 0.3) is 0 Å². The highest BCUT2D eigenvalue weighted by Gasteiger charge is 2.23. The first-order chi connectivity index (χ1) is 16.1. The zero-order valence-corrected chi connectivity index (χ0v) is 19.7. The summed E-state index contributed by atoms with van der Waals surface area (Å²) in [5, 5.41) is 14.2. The number of phenols is 1. The first-order valence-electron chi connectivity index (χ1n) is 11.8. The van der Waals surface area contributed by atoms with Crippen LogP contribution in [0, 0.1) is 0 Å². The summed E-state index contributed by atoms with van der Waals surface area (Å²) in [5.74, 6) is 1.72. The molecule has 1 fully saturated rings. The largest absolute Gasteiger partial charge is 0.507 e. The van der Waals surface area contributed by atoms with Crippen molar-refractivity contribution in [3.8, 4) is 17.2 Å². The molecule has 1 aliphatic heterocycles. The Balaban J connectivity index is 1.49. The highest BCUT2D eigenvalue weighted by molar-refractivity contribution is 6.11.